The van der Waals surface area contributed by atoms with E-state index >= 15 is 0 Å². The normalized spacial score (nSPS) is 16.4. The molecule has 78 valence electrons. The van der Waals surface area contributed by atoms with Gasteiger partial charge in [-0.1, -0.05) is 6.07 Å². The zero-order valence-electron chi connectivity index (χ0n) is 8.14. The van der Waals surface area contributed by atoms with Crippen LogP contribution < -0.4 is 5.32 Å². The Morgan fingerprint density at radius 3 is 3.00 bits per heavy atom. The molecule has 0 atom stereocenters. The van der Waals surface area contributed by atoms with Gasteiger partial charge < -0.3 is 10.2 Å². The van der Waals surface area contributed by atoms with Gasteiger partial charge in [0.2, 0.25) is 0 Å². The van der Waals surface area contributed by atoms with Crippen LogP contribution in [-0.4, -0.2) is 34.8 Å². The molecule has 5 heteroatoms. The maximum absolute atomic E-state index is 11.4. The minimum atomic E-state index is -0.530. The van der Waals surface area contributed by atoms with Crippen molar-refractivity contribution >= 4 is 11.8 Å². The lowest BCUT2D eigenvalue weighted by Crippen LogP contribution is -2.51. The number of piperazine rings is 1. The molecule has 0 spiro atoms. The smallest absolute Gasteiger partial charge is 0.312 e. The second-order valence-electron chi connectivity index (χ2n) is 3.30. The van der Waals surface area contributed by atoms with Gasteiger partial charge in [0.15, 0.2) is 0 Å². The average molecular weight is 205 g/mol. The molecule has 2 heterocycles. The van der Waals surface area contributed by atoms with E-state index in [-0.39, 0.29) is 0 Å². The van der Waals surface area contributed by atoms with Gasteiger partial charge in [0, 0.05) is 19.3 Å². The Bertz CT molecular complexity index is 378. The number of nitrogens with zero attached hydrogens (tertiary/aromatic N) is 2. The number of hydrogen-bond acceptors (Lipinski definition) is 3. The first-order chi connectivity index (χ1) is 7.27. The lowest BCUT2D eigenvalue weighted by atomic mass is 10.3. The Hall–Kier alpha value is -1.91. The monoisotopic (exact) mass is 205 g/mol. The molecule has 0 bridgehead atoms. The van der Waals surface area contributed by atoms with Gasteiger partial charge >= 0.3 is 11.8 Å². The molecule has 1 aromatic rings. The lowest BCUT2D eigenvalue weighted by Gasteiger charge is -2.25. The third kappa shape index (κ3) is 2.12. The van der Waals surface area contributed by atoms with E-state index in [9.17, 15) is 9.59 Å². The van der Waals surface area contributed by atoms with Crippen LogP contribution in [0.1, 0.15) is 5.69 Å². The zero-order chi connectivity index (χ0) is 10.7. The molecule has 1 aliphatic heterocycles. The summed E-state index contributed by atoms with van der Waals surface area (Å²) in [5.41, 5.74) is 0.792. The summed E-state index contributed by atoms with van der Waals surface area (Å²) in [4.78, 5) is 28.1. The first-order valence-corrected chi connectivity index (χ1v) is 4.74. The predicted molar refractivity (Wildman–Crippen MR) is 52.7 cm³/mol. The summed E-state index contributed by atoms with van der Waals surface area (Å²) < 4.78 is 0. The fourth-order valence-corrected chi connectivity index (χ4v) is 1.46. The number of aromatic nitrogens is 1. The predicted octanol–water partition coefficient (Wildman–Crippen LogP) is -0.460. The number of nitrogens with one attached hydrogen (secondary N) is 1. The fourth-order valence-electron chi connectivity index (χ4n) is 1.46. The Labute approximate surface area is 87.1 Å². The van der Waals surface area contributed by atoms with Crippen LogP contribution in [-0.2, 0) is 16.1 Å². The van der Waals surface area contributed by atoms with Crippen LogP contribution in [0.3, 0.4) is 0 Å². The molecule has 1 N–H and O–H groups in total. The maximum atomic E-state index is 11.4. The number of pyridine rings is 1. The van der Waals surface area contributed by atoms with Crippen molar-refractivity contribution < 1.29 is 9.59 Å². The molecule has 0 unspecified atom stereocenters. The van der Waals surface area contributed by atoms with Gasteiger partial charge in [-0.15, -0.1) is 0 Å². The lowest BCUT2D eigenvalue weighted by molar-refractivity contribution is -0.148. The van der Waals surface area contributed by atoms with Gasteiger partial charge in [-0.2, -0.15) is 0 Å². The van der Waals surface area contributed by atoms with Crippen LogP contribution in [0.2, 0.25) is 0 Å². The van der Waals surface area contributed by atoms with Crippen molar-refractivity contribution in [1.82, 2.24) is 15.2 Å². The summed E-state index contributed by atoms with van der Waals surface area (Å²) in [7, 11) is 0. The Balaban J connectivity index is 2.06. The molecule has 0 saturated carbocycles. The number of carbonyl (C=O) groups is 2. The highest BCUT2D eigenvalue weighted by Gasteiger charge is 2.25. The quantitative estimate of drug-likeness (QED) is 0.664. The van der Waals surface area contributed by atoms with E-state index in [4.69, 9.17) is 0 Å². The van der Waals surface area contributed by atoms with Gasteiger partial charge in [0.05, 0.1) is 12.2 Å². The van der Waals surface area contributed by atoms with Crippen LogP contribution >= 0.6 is 0 Å². The van der Waals surface area contributed by atoms with Gasteiger partial charge in [0.25, 0.3) is 0 Å². The van der Waals surface area contributed by atoms with E-state index < -0.39 is 11.8 Å². The largest absolute Gasteiger partial charge is 0.346 e. The molecule has 1 aliphatic rings. The summed E-state index contributed by atoms with van der Waals surface area (Å²) >= 11 is 0. The Morgan fingerprint density at radius 1 is 1.40 bits per heavy atom. The van der Waals surface area contributed by atoms with Crippen molar-refractivity contribution in [3.63, 3.8) is 0 Å². The highest BCUT2D eigenvalue weighted by molar-refractivity contribution is 6.35. The number of amides is 2. The third-order valence-electron chi connectivity index (χ3n) is 2.23. The van der Waals surface area contributed by atoms with Crippen molar-refractivity contribution in [2.24, 2.45) is 0 Å². The molecule has 5 nitrogen and oxygen atoms in total. The number of rotatable bonds is 2. The molecule has 0 radical (unpaired) electrons. The van der Waals surface area contributed by atoms with E-state index in [1.165, 1.54) is 4.90 Å². The molecule has 1 saturated heterocycles. The van der Waals surface area contributed by atoms with Gasteiger partial charge in [-0.25, -0.2) is 0 Å². The van der Waals surface area contributed by atoms with Crippen molar-refractivity contribution in [2.75, 3.05) is 13.1 Å². The van der Waals surface area contributed by atoms with Crippen molar-refractivity contribution in [3.05, 3.63) is 30.1 Å². The van der Waals surface area contributed by atoms with E-state index in [0.717, 1.165) is 5.69 Å². The van der Waals surface area contributed by atoms with Gasteiger partial charge in [-0.3, -0.25) is 14.6 Å². The second-order valence-corrected chi connectivity index (χ2v) is 3.30. The van der Waals surface area contributed by atoms with E-state index in [1.807, 2.05) is 18.2 Å². The molecule has 0 aromatic carbocycles. The fraction of sp³-hybridized carbons (Fsp3) is 0.300. The van der Waals surface area contributed by atoms with Crippen molar-refractivity contribution in [3.8, 4) is 0 Å². The highest BCUT2D eigenvalue weighted by atomic mass is 16.2. The second kappa shape index (κ2) is 4.08. The van der Waals surface area contributed by atoms with Crippen molar-refractivity contribution in [1.29, 1.82) is 0 Å². The van der Waals surface area contributed by atoms with Crippen LogP contribution in [0.15, 0.2) is 24.4 Å². The summed E-state index contributed by atoms with van der Waals surface area (Å²) in [5, 5.41) is 2.50. The minimum absolute atomic E-state index is 0.396. The molecule has 2 rings (SSSR count). The summed E-state index contributed by atoms with van der Waals surface area (Å²) in [6.45, 7) is 1.45. The zero-order valence-corrected chi connectivity index (χ0v) is 8.14. The maximum Gasteiger partial charge on any atom is 0.312 e. The summed E-state index contributed by atoms with van der Waals surface area (Å²) in [6, 6.07) is 5.50. The Morgan fingerprint density at radius 2 is 2.27 bits per heavy atom. The molecular weight excluding hydrogens is 194 g/mol. The van der Waals surface area contributed by atoms with Gasteiger partial charge in [0.1, 0.15) is 0 Å². The summed E-state index contributed by atoms with van der Waals surface area (Å²) in [5.74, 6) is -1.01. The molecule has 1 fully saturated rings. The van der Waals surface area contributed by atoms with Crippen LogP contribution in [0.4, 0.5) is 0 Å². The Kier molecular flexibility index (Phi) is 2.62. The SMILES string of the molecule is O=C1NCCN(Cc2ccccn2)C1=O. The first kappa shape index (κ1) is 9.64. The number of hydrogen-bond donors (Lipinski definition) is 1. The van der Waals surface area contributed by atoms with Crippen LogP contribution in [0.25, 0.3) is 0 Å². The van der Waals surface area contributed by atoms with Crippen molar-refractivity contribution in [2.45, 2.75) is 6.54 Å². The minimum Gasteiger partial charge on any atom is -0.346 e. The van der Waals surface area contributed by atoms with E-state index in [0.29, 0.717) is 19.6 Å². The third-order valence-corrected chi connectivity index (χ3v) is 2.23. The first-order valence-electron chi connectivity index (χ1n) is 4.74. The van der Waals surface area contributed by atoms with Gasteiger partial charge in [-0.05, 0) is 12.1 Å². The standard InChI is InChI=1S/C10H11N3O2/c14-9-10(15)13(6-5-12-9)7-8-3-1-2-4-11-8/h1-4H,5-7H2,(H,12,14). The molecule has 2 amide bonds. The molecule has 15 heavy (non-hydrogen) atoms. The van der Waals surface area contributed by atoms with E-state index in [1.54, 1.807) is 6.20 Å². The average Bonchev–Trinajstić information content (AvgIpc) is 2.26. The topological polar surface area (TPSA) is 62.3 Å². The molecule has 1 aromatic heterocycles. The molecular formula is C10H11N3O2. The van der Waals surface area contributed by atoms with Crippen LogP contribution in [0.5, 0.6) is 0 Å². The van der Waals surface area contributed by atoms with Crippen LogP contribution in [0, 0.1) is 0 Å². The summed E-state index contributed by atoms with van der Waals surface area (Å²) in [6.07, 6.45) is 1.67. The van der Waals surface area contributed by atoms with E-state index in [2.05, 4.69) is 10.3 Å². The number of carbonyl (C=O) groups excluding carboxylic acids is 2. The molecule has 0 aliphatic carbocycles. The highest BCUT2D eigenvalue weighted by Crippen LogP contribution is 2.03.